The molecule has 6 heteroatoms. The Morgan fingerprint density at radius 2 is 1.76 bits per heavy atom. The molecule has 128 valence electrons. The third-order valence-corrected chi connectivity index (χ3v) is 3.31. The second kappa shape index (κ2) is 8.44. The first-order valence-corrected chi connectivity index (χ1v) is 7.43. The molecule has 2 aromatic rings. The van der Waals surface area contributed by atoms with Crippen molar-refractivity contribution in [2.24, 2.45) is 0 Å². The van der Waals surface area contributed by atoms with E-state index in [-0.39, 0.29) is 11.7 Å². The second-order valence-corrected chi connectivity index (χ2v) is 5.03. The van der Waals surface area contributed by atoms with Crippen molar-refractivity contribution >= 4 is 17.8 Å². The van der Waals surface area contributed by atoms with Crippen LogP contribution in [0, 0.1) is 0 Å². The van der Waals surface area contributed by atoms with E-state index in [4.69, 9.17) is 4.74 Å². The van der Waals surface area contributed by atoms with E-state index in [2.05, 4.69) is 16.6 Å². The van der Waals surface area contributed by atoms with Gasteiger partial charge >= 0.3 is 11.9 Å². The summed E-state index contributed by atoms with van der Waals surface area (Å²) >= 11 is 0. The third-order valence-electron chi connectivity index (χ3n) is 3.31. The van der Waals surface area contributed by atoms with Crippen LogP contribution in [0.15, 0.2) is 61.2 Å². The maximum absolute atomic E-state index is 12.2. The Morgan fingerprint density at radius 3 is 2.40 bits per heavy atom. The highest BCUT2D eigenvalue weighted by Gasteiger charge is 2.11. The van der Waals surface area contributed by atoms with Gasteiger partial charge in [0.1, 0.15) is 5.75 Å². The largest absolute Gasteiger partial charge is 0.465 e. The van der Waals surface area contributed by atoms with Gasteiger partial charge in [0.25, 0.3) is 0 Å². The van der Waals surface area contributed by atoms with E-state index in [1.807, 2.05) is 0 Å². The van der Waals surface area contributed by atoms with Crippen molar-refractivity contribution in [3.63, 3.8) is 0 Å². The Labute approximate surface area is 145 Å². The molecule has 0 saturated heterocycles. The molecule has 25 heavy (non-hydrogen) atoms. The summed E-state index contributed by atoms with van der Waals surface area (Å²) in [7, 11) is 1.28. The van der Waals surface area contributed by atoms with Gasteiger partial charge in [-0.05, 0) is 42.0 Å². The molecule has 0 aliphatic carbocycles. The van der Waals surface area contributed by atoms with Gasteiger partial charge < -0.3 is 14.8 Å². The maximum atomic E-state index is 12.2. The lowest BCUT2D eigenvalue weighted by Crippen LogP contribution is -2.20. The Bertz CT molecular complexity index is 796. The van der Waals surface area contributed by atoms with Gasteiger partial charge in [-0.25, -0.2) is 9.59 Å². The normalized spacial score (nSPS) is 9.80. The fourth-order valence-electron chi connectivity index (χ4n) is 1.99. The van der Waals surface area contributed by atoms with Gasteiger partial charge in [0.15, 0.2) is 0 Å². The van der Waals surface area contributed by atoms with Gasteiger partial charge in [-0.15, -0.1) is 0 Å². The predicted molar refractivity (Wildman–Crippen MR) is 91.2 cm³/mol. The number of hydrogen-bond donors (Lipinski definition) is 1. The quantitative estimate of drug-likeness (QED) is 0.497. The lowest BCUT2D eigenvalue weighted by molar-refractivity contribution is -0.116. The zero-order valence-electron chi connectivity index (χ0n) is 13.7. The number of amides is 1. The van der Waals surface area contributed by atoms with Gasteiger partial charge in [0, 0.05) is 6.54 Å². The van der Waals surface area contributed by atoms with Gasteiger partial charge in [-0.1, -0.05) is 24.8 Å². The summed E-state index contributed by atoms with van der Waals surface area (Å²) in [5.41, 5.74) is 1.47. The Morgan fingerprint density at radius 1 is 1.04 bits per heavy atom. The summed E-state index contributed by atoms with van der Waals surface area (Å²) in [6.07, 6.45) is 1.19. The molecule has 0 aromatic heterocycles. The average Bonchev–Trinajstić information content (AvgIpc) is 2.65. The van der Waals surface area contributed by atoms with Crippen LogP contribution in [-0.4, -0.2) is 25.0 Å². The number of carbonyl (C=O) groups excluding carboxylic acids is 3. The SMILES string of the molecule is C=CC(=O)NCc1ccc(C(=O)Oc2cccc(C(=O)OC)c2)cc1. The number of methoxy groups -OCH3 is 1. The number of esters is 2. The molecule has 2 rings (SSSR count). The van der Waals surface area contributed by atoms with E-state index >= 15 is 0 Å². The van der Waals surface area contributed by atoms with E-state index in [1.165, 1.54) is 19.3 Å². The van der Waals surface area contributed by atoms with Crippen molar-refractivity contribution in [3.8, 4) is 5.75 Å². The van der Waals surface area contributed by atoms with Crippen LogP contribution >= 0.6 is 0 Å². The van der Waals surface area contributed by atoms with Gasteiger partial charge in [0.2, 0.25) is 5.91 Å². The molecule has 2 aromatic carbocycles. The first kappa shape index (κ1) is 17.9. The number of nitrogens with one attached hydrogen (secondary N) is 1. The van der Waals surface area contributed by atoms with Crippen molar-refractivity contribution in [2.45, 2.75) is 6.54 Å². The van der Waals surface area contributed by atoms with Gasteiger partial charge in [0.05, 0.1) is 18.2 Å². The monoisotopic (exact) mass is 339 g/mol. The molecule has 0 aliphatic rings. The van der Waals surface area contributed by atoms with Gasteiger partial charge in [-0.3, -0.25) is 4.79 Å². The molecule has 0 aliphatic heterocycles. The average molecular weight is 339 g/mol. The topological polar surface area (TPSA) is 81.7 Å². The smallest absolute Gasteiger partial charge is 0.343 e. The molecule has 0 unspecified atom stereocenters. The molecule has 6 nitrogen and oxygen atoms in total. The summed E-state index contributed by atoms with van der Waals surface area (Å²) in [6, 6.07) is 12.8. The molecule has 0 radical (unpaired) electrons. The summed E-state index contributed by atoms with van der Waals surface area (Å²) in [4.78, 5) is 34.8. The predicted octanol–water partition coefficient (Wildman–Crippen LogP) is 2.49. The first-order valence-electron chi connectivity index (χ1n) is 7.43. The molecule has 0 bridgehead atoms. The van der Waals surface area contributed by atoms with Crippen LogP contribution in [0.3, 0.4) is 0 Å². The van der Waals surface area contributed by atoms with E-state index in [9.17, 15) is 14.4 Å². The highest BCUT2D eigenvalue weighted by molar-refractivity contribution is 5.92. The summed E-state index contributed by atoms with van der Waals surface area (Å²) in [6.45, 7) is 3.71. The maximum Gasteiger partial charge on any atom is 0.343 e. The number of ether oxygens (including phenoxy) is 2. The van der Waals surface area contributed by atoms with Crippen LogP contribution in [0.4, 0.5) is 0 Å². The van der Waals surface area contributed by atoms with Crippen molar-refractivity contribution < 1.29 is 23.9 Å². The highest BCUT2D eigenvalue weighted by Crippen LogP contribution is 2.16. The van der Waals surface area contributed by atoms with Crippen molar-refractivity contribution in [3.05, 3.63) is 77.9 Å². The van der Waals surface area contributed by atoms with Gasteiger partial charge in [-0.2, -0.15) is 0 Å². The number of hydrogen-bond acceptors (Lipinski definition) is 5. The molecular formula is C19H17NO5. The van der Waals surface area contributed by atoms with Crippen LogP contribution in [0.5, 0.6) is 5.75 Å². The van der Waals surface area contributed by atoms with E-state index < -0.39 is 11.9 Å². The molecule has 0 fully saturated rings. The minimum absolute atomic E-state index is 0.246. The van der Waals surface area contributed by atoms with Crippen molar-refractivity contribution in [1.29, 1.82) is 0 Å². The fourth-order valence-corrected chi connectivity index (χ4v) is 1.99. The van der Waals surface area contributed by atoms with E-state index in [0.29, 0.717) is 17.7 Å². The van der Waals surface area contributed by atoms with Crippen LogP contribution in [0.1, 0.15) is 26.3 Å². The van der Waals surface area contributed by atoms with Crippen LogP contribution < -0.4 is 10.1 Å². The molecule has 0 saturated carbocycles. The Hall–Kier alpha value is -3.41. The van der Waals surface area contributed by atoms with E-state index in [1.54, 1.807) is 42.5 Å². The molecular weight excluding hydrogens is 322 g/mol. The number of carbonyl (C=O) groups is 3. The zero-order valence-corrected chi connectivity index (χ0v) is 13.7. The summed E-state index contributed by atoms with van der Waals surface area (Å²) < 4.78 is 9.89. The minimum Gasteiger partial charge on any atom is -0.465 e. The van der Waals surface area contributed by atoms with Crippen molar-refractivity contribution in [2.75, 3.05) is 7.11 Å². The lowest BCUT2D eigenvalue weighted by Gasteiger charge is -2.07. The Balaban J connectivity index is 2.02. The van der Waals surface area contributed by atoms with Crippen LogP contribution in [-0.2, 0) is 16.1 Å². The summed E-state index contributed by atoms with van der Waals surface area (Å²) in [5.74, 6) is -1.09. The number of rotatable bonds is 6. The Kier molecular flexibility index (Phi) is 6.06. The molecule has 0 atom stereocenters. The van der Waals surface area contributed by atoms with Crippen LogP contribution in [0.2, 0.25) is 0 Å². The molecule has 1 amide bonds. The van der Waals surface area contributed by atoms with Crippen LogP contribution in [0.25, 0.3) is 0 Å². The highest BCUT2D eigenvalue weighted by atomic mass is 16.5. The first-order chi connectivity index (χ1) is 12.0. The summed E-state index contributed by atoms with van der Waals surface area (Å²) in [5, 5.41) is 2.64. The molecule has 0 spiro atoms. The standard InChI is InChI=1S/C19H17NO5/c1-3-17(21)20-12-13-7-9-14(10-8-13)19(23)25-16-6-4-5-15(11-16)18(22)24-2/h3-11H,1,12H2,2H3,(H,20,21). The third kappa shape index (κ3) is 5.04. The van der Waals surface area contributed by atoms with Crippen molar-refractivity contribution in [1.82, 2.24) is 5.32 Å². The molecule has 1 N–H and O–H groups in total. The second-order valence-electron chi connectivity index (χ2n) is 5.03. The molecule has 0 heterocycles. The number of benzene rings is 2. The zero-order chi connectivity index (χ0) is 18.2. The fraction of sp³-hybridized carbons (Fsp3) is 0.105. The minimum atomic E-state index is -0.552. The lowest BCUT2D eigenvalue weighted by atomic mass is 10.1. The van der Waals surface area contributed by atoms with E-state index in [0.717, 1.165) is 5.56 Å².